The van der Waals surface area contributed by atoms with Gasteiger partial charge in [-0.1, -0.05) is 50.6 Å². The van der Waals surface area contributed by atoms with Gasteiger partial charge in [-0.3, -0.25) is 14.8 Å². The van der Waals surface area contributed by atoms with Crippen LogP contribution in [0.4, 0.5) is 5.95 Å². The molecule has 3 N–H and O–H groups in total. The Bertz CT molecular complexity index is 1000. The lowest BCUT2D eigenvalue weighted by molar-refractivity contribution is 0.0705. The molecule has 1 aromatic heterocycles. The van der Waals surface area contributed by atoms with E-state index in [0.717, 1.165) is 36.9 Å². The van der Waals surface area contributed by atoms with E-state index in [0.29, 0.717) is 24.6 Å². The Balaban J connectivity index is 2.05. The van der Waals surface area contributed by atoms with Gasteiger partial charge in [-0.15, -0.1) is 0 Å². The number of amides is 2. The second kappa shape index (κ2) is 14.7. The molecule has 2 amide bonds. The molecular formula is C27H37N5O3. The fourth-order valence-corrected chi connectivity index (χ4v) is 3.88. The maximum absolute atomic E-state index is 12.8. The molecule has 0 radical (unpaired) electrons. The lowest BCUT2D eigenvalue weighted by atomic mass is 10.0. The van der Waals surface area contributed by atoms with E-state index < -0.39 is 5.91 Å². The van der Waals surface area contributed by atoms with Gasteiger partial charge in [0.05, 0.1) is 5.56 Å². The van der Waals surface area contributed by atoms with Gasteiger partial charge in [0.15, 0.2) is 0 Å². The number of anilines is 1. The van der Waals surface area contributed by atoms with Gasteiger partial charge in [-0.05, 0) is 55.9 Å². The molecule has 188 valence electrons. The van der Waals surface area contributed by atoms with Crippen molar-refractivity contribution in [3.8, 4) is 0 Å². The molecule has 2 aromatic rings. The number of benzene rings is 1. The number of hydrogen-bond donors (Lipinski definition) is 3. The van der Waals surface area contributed by atoms with Crippen molar-refractivity contribution in [3.63, 3.8) is 0 Å². The van der Waals surface area contributed by atoms with Crippen LogP contribution in [0.1, 0.15) is 73.2 Å². The number of aromatic nitrogens is 2. The van der Waals surface area contributed by atoms with Gasteiger partial charge in [0.2, 0.25) is 5.95 Å². The van der Waals surface area contributed by atoms with Crippen LogP contribution >= 0.6 is 0 Å². The number of carbonyl (C=O) groups excluding carboxylic acids is 2. The minimum Gasteiger partial charge on any atom is -0.352 e. The van der Waals surface area contributed by atoms with Crippen LogP contribution in [0, 0.1) is 5.92 Å². The molecule has 0 saturated carbocycles. The molecule has 1 aromatic carbocycles. The molecule has 0 aliphatic heterocycles. The first-order valence-electron chi connectivity index (χ1n) is 12.2. The normalized spacial score (nSPS) is 12.4. The van der Waals surface area contributed by atoms with E-state index >= 15 is 0 Å². The molecular weight excluding hydrogens is 442 g/mol. The quantitative estimate of drug-likeness (QED) is 0.220. The van der Waals surface area contributed by atoms with Crippen LogP contribution in [0.2, 0.25) is 0 Å². The lowest BCUT2D eigenvalue weighted by Gasteiger charge is -2.27. The SMILES string of the molecule is C/C=C\C(=C/C)c1ccc(C(=O)NCC(CCC)CN(CCC)c2ncc(C(=O)NO)cn2)cc1. The predicted octanol–water partition coefficient (Wildman–Crippen LogP) is 4.64. The van der Waals surface area contributed by atoms with E-state index in [4.69, 9.17) is 5.21 Å². The van der Waals surface area contributed by atoms with E-state index in [1.54, 1.807) is 5.48 Å². The summed E-state index contributed by atoms with van der Waals surface area (Å²) >= 11 is 0. The largest absolute Gasteiger partial charge is 0.352 e. The van der Waals surface area contributed by atoms with Gasteiger partial charge in [-0.2, -0.15) is 0 Å². The molecule has 0 aliphatic rings. The highest BCUT2D eigenvalue weighted by atomic mass is 16.5. The fourth-order valence-electron chi connectivity index (χ4n) is 3.88. The first-order valence-corrected chi connectivity index (χ1v) is 12.2. The summed E-state index contributed by atoms with van der Waals surface area (Å²) in [6.45, 7) is 10.2. The van der Waals surface area contributed by atoms with Crippen LogP contribution < -0.4 is 15.7 Å². The first-order chi connectivity index (χ1) is 17.0. The summed E-state index contributed by atoms with van der Waals surface area (Å²) in [4.78, 5) is 35.0. The van der Waals surface area contributed by atoms with E-state index in [-0.39, 0.29) is 17.4 Å². The molecule has 1 atom stereocenters. The van der Waals surface area contributed by atoms with Crippen molar-refractivity contribution in [1.29, 1.82) is 0 Å². The Morgan fingerprint density at radius 2 is 1.66 bits per heavy atom. The van der Waals surface area contributed by atoms with Crippen molar-refractivity contribution in [1.82, 2.24) is 20.8 Å². The number of hydrogen-bond acceptors (Lipinski definition) is 6. The van der Waals surface area contributed by atoms with Gasteiger partial charge in [-0.25, -0.2) is 15.4 Å². The molecule has 8 heteroatoms. The zero-order valence-electron chi connectivity index (χ0n) is 21.1. The summed E-state index contributed by atoms with van der Waals surface area (Å²) in [5.41, 5.74) is 4.59. The van der Waals surface area contributed by atoms with Gasteiger partial charge in [0.1, 0.15) is 0 Å². The van der Waals surface area contributed by atoms with Crippen LogP contribution in [-0.4, -0.2) is 46.6 Å². The van der Waals surface area contributed by atoms with Crippen LogP contribution in [0.15, 0.2) is 54.9 Å². The van der Waals surface area contributed by atoms with Gasteiger partial charge in [0.25, 0.3) is 11.8 Å². The van der Waals surface area contributed by atoms with Crippen molar-refractivity contribution in [2.24, 2.45) is 5.92 Å². The predicted molar refractivity (Wildman–Crippen MR) is 139 cm³/mol. The zero-order chi connectivity index (χ0) is 25.6. The molecule has 0 aliphatic carbocycles. The average molecular weight is 480 g/mol. The average Bonchev–Trinajstić information content (AvgIpc) is 2.89. The number of carbonyl (C=O) groups is 2. The van der Waals surface area contributed by atoms with Crippen LogP contribution in [0.3, 0.4) is 0 Å². The monoisotopic (exact) mass is 479 g/mol. The molecule has 35 heavy (non-hydrogen) atoms. The van der Waals surface area contributed by atoms with E-state index in [1.165, 1.54) is 12.4 Å². The van der Waals surface area contributed by atoms with Crippen molar-refractivity contribution in [2.75, 3.05) is 24.5 Å². The summed E-state index contributed by atoms with van der Waals surface area (Å²) in [7, 11) is 0. The smallest absolute Gasteiger partial charge is 0.277 e. The lowest BCUT2D eigenvalue weighted by Crippen LogP contribution is -2.38. The molecule has 8 nitrogen and oxygen atoms in total. The Kier molecular flexibility index (Phi) is 11.6. The molecule has 0 saturated heterocycles. The Morgan fingerprint density at radius 3 is 2.20 bits per heavy atom. The van der Waals surface area contributed by atoms with Crippen molar-refractivity contribution in [3.05, 3.63) is 71.6 Å². The van der Waals surface area contributed by atoms with E-state index in [9.17, 15) is 9.59 Å². The zero-order valence-corrected chi connectivity index (χ0v) is 21.1. The van der Waals surface area contributed by atoms with Gasteiger partial charge >= 0.3 is 0 Å². The van der Waals surface area contributed by atoms with Crippen molar-refractivity contribution < 1.29 is 14.8 Å². The third kappa shape index (κ3) is 8.33. The Morgan fingerprint density at radius 1 is 1.00 bits per heavy atom. The number of allylic oxidation sites excluding steroid dienone is 4. The second-order valence-electron chi connectivity index (χ2n) is 8.34. The third-order valence-electron chi connectivity index (χ3n) is 5.64. The maximum atomic E-state index is 12.8. The fraction of sp³-hybridized carbons (Fsp3) is 0.407. The summed E-state index contributed by atoms with van der Waals surface area (Å²) < 4.78 is 0. The Labute approximate surface area is 208 Å². The second-order valence-corrected chi connectivity index (χ2v) is 8.34. The minimum absolute atomic E-state index is 0.0941. The topological polar surface area (TPSA) is 107 Å². The van der Waals surface area contributed by atoms with E-state index in [2.05, 4.69) is 34.0 Å². The summed E-state index contributed by atoms with van der Waals surface area (Å²) in [6, 6.07) is 7.64. The van der Waals surface area contributed by atoms with Crippen LogP contribution in [-0.2, 0) is 0 Å². The Hall–Kier alpha value is -3.52. The van der Waals surface area contributed by atoms with Crippen molar-refractivity contribution >= 4 is 23.3 Å². The van der Waals surface area contributed by atoms with Gasteiger partial charge in [0, 0.05) is 37.6 Å². The van der Waals surface area contributed by atoms with E-state index in [1.807, 2.05) is 56.3 Å². The van der Waals surface area contributed by atoms with Crippen LogP contribution in [0.5, 0.6) is 0 Å². The molecule has 0 fully saturated rings. The van der Waals surface area contributed by atoms with Gasteiger partial charge < -0.3 is 10.2 Å². The molecule has 1 heterocycles. The minimum atomic E-state index is -0.651. The number of nitrogens with zero attached hydrogens (tertiary/aromatic N) is 3. The standard InChI is InChI=1S/C27H37N5O3/c1-5-9-20(19-32(15-7-3)27-29-17-24(18-30-27)26(34)31-35)16-28-25(33)23-13-11-22(12-14-23)21(8-4)10-6-2/h6,8,10-14,17-18,20,35H,5,7,9,15-16,19H2,1-4H3,(H,28,33)(H,31,34)/b10-6-,21-8+. The highest BCUT2D eigenvalue weighted by Crippen LogP contribution is 2.18. The molecule has 0 bridgehead atoms. The molecule has 1 unspecified atom stereocenters. The number of rotatable bonds is 13. The highest BCUT2D eigenvalue weighted by Gasteiger charge is 2.18. The first kappa shape index (κ1) is 27.7. The maximum Gasteiger partial charge on any atom is 0.277 e. The summed E-state index contributed by atoms with van der Waals surface area (Å²) in [5.74, 6) is -0.0151. The third-order valence-corrected chi connectivity index (χ3v) is 5.64. The van der Waals surface area contributed by atoms with Crippen molar-refractivity contribution in [2.45, 2.75) is 47.0 Å². The highest BCUT2D eigenvalue weighted by molar-refractivity contribution is 5.94. The molecule has 2 rings (SSSR count). The van der Waals surface area contributed by atoms with Crippen LogP contribution in [0.25, 0.3) is 5.57 Å². The summed E-state index contributed by atoms with van der Waals surface area (Å²) in [6.07, 6.45) is 11.7. The number of nitrogens with one attached hydrogen (secondary N) is 2. The molecule has 0 spiro atoms. The summed E-state index contributed by atoms with van der Waals surface area (Å²) in [5, 5.41) is 11.9. The number of hydroxylamine groups is 1.